The van der Waals surface area contributed by atoms with Crippen LogP contribution in [0.4, 0.5) is 35.9 Å². The molecule has 0 aromatic heterocycles. The van der Waals surface area contributed by atoms with Gasteiger partial charge in [0.15, 0.2) is 8.24 Å². The quantitative estimate of drug-likeness (QED) is 0.204. The molecule has 1 unspecified atom stereocenters. The van der Waals surface area contributed by atoms with Crippen molar-refractivity contribution in [2.45, 2.75) is 38.2 Å². The molecule has 0 N–H and O–H groups in total. The number of rotatable bonds is 3. The van der Waals surface area contributed by atoms with Crippen molar-refractivity contribution in [1.82, 2.24) is 0 Å². The standard InChI is InChI=1S/C31H30F3N2Si.CH3.2ClH.Ti/c1-20-19-25-23(21-15-17-22(18-16-21)31(32,33)34)9-8-10-24(25)30(20)37(2,3)36-28-13-6-4-11-26(28)35-27-12-5-7-14-29(27)36;;;;/h4-18,20,24-25,30H,19H2,1-3H3;1H3;2*1H;/q2*-1;;;+2/p-2/t20-,24+,25-,30?;;;;/m1..../s1. The number of hydrogen-bond donors (Lipinski definition) is 0. The van der Waals surface area contributed by atoms with Gasteiger partial charge in [0.25, 0.3) is 0 Å². The molecule has 4 atom stereocenters. The summed E-state index contributed by atoms with van der Waals surface area (Å²) in [6, 6.07) is 22.5. The number of hydrogen-bond acceptors (Lipinski definition) is 1. The van der Waals surface area contributed by atoms with Crippen LogP contribution in [0, 0.1) is 25.2 Å². The average Bonchev–Trinajstić information content (AvgIpc) is 3.28. The Kier molecular flexibility index (Phi) is 9.92. The van der Waals surface area contributed by atoms with Gasteiger partial charge in [0.2, 0.25) is 0 Å². The Morgan fingerprint density at radius 1 is 0.902 bits per heavy atom. The van der Waals surface area contributed by atoms with Crippen LogP contribution in [0.25, 0.3) is 10.9 Å². The molecule has 0 saturated heterocycles. The molecule has 0 amide bonds. The monoisotopic (exact) mass is 648 g/mol. The fourth-order valence-corrected chi connectivity index (χ4v) is 11.9. The number of anilines is 2. The van der Waals surface area contributed by atoms with Crippen molar-refractivity contribution >= 4 is 55.2 Å². The summed E-state index contributed by atoms with van der Waals surface area (Å²) >= 11 is -0.556. The second kappa shape index (κ2) is 12.7. The number of para-hydroxylation sites is 4. The number of benzene rings is 3. The van der Waals surface area contributed by atoms with Gasteiger partial charge in [-0.3, -0.25) is 0 Å². The molecule has 1 aliphatic heterocycles. The topological polar surface area (TPSA) is 17.3 Å². The molecule has 9 heteroatoms. The van der Waals surface area contributed by atoms with Crippen LogP contribution in [-0.2, 0) is 23.2 Å². The molecule has 2 aliphatic carbocycles. The van der Waals surface area contributed by atoms with E-state index in [1.54, 1.807) is 12.1 Å². The van der Waals surface area contributed by atoms with Crippen LogP contribution in [0.5, 0.6) is 0 Å². The van der Waals surface area contributed by atoms with Crippen LogP contribution in [0.2, 0.25) is 18.6 Å². The maximum atomic E-state index is 13.2. The van der Waals surface area contributed by atoms with Crippen LogP contribution in [0.15, 0.2) is 91.0 Å². The third-order valence-electron chi connectivity index (χ3n) is 8.55. The maximum absolute atomic E-state index is 13.2. The Hall–Kier alpha value is -1.96. The summed E-state index contributed by atoms with van der Waals surface area (Å²) in [6.07, 6.45) is 3.30. The fourth-order valence-electron chi connectivity index (χ4n) is 7.19. The van der Waals surface area contributed by atoms with Crippen molar-refractivity contribution in [3.63, 3.8) is 0 Å². The van der Waals surface area contributed by atoms with Crippen LogP contribution in [0.1, 0.15) is 24.5 Å². The van der Waals surface area contributed by atoms with Gasteiger partial charge < -0.3 is 17.3 Å². The van der Waals surface area contributed by atoms with Gasteiger partial charge in [0.1, 0.15) is 0 Å². The second-order valence-electron chi connectivity index (χ2n) is 11.2. The normalized spacial score (nSPS) is 22.5. The van der Waals surface area contributed by atoms with E-state index in [2.05, 4.69) is 79.2 Å². The first kappa shape index (κ1) is 32.0. The summed E-state index contributed by atoms with van der Waals surface area (Å²) < 4.78 is 42.1. The van der Waals surface area contributed by atoms with Crippen molar-refractivity contribution < 1.29 is 30.2 Å². The zero-order chi connectivity index (χ0) is 28.7. The van der Waals surface area contributed by atoms with Crippen molar-refractivity contribution in [1.29, 1.82) is 0 Å². The third kappa shape index (κ3) is 6.09. The van der Waals surface area contributed by atoms with Crippen LogP contribution in [0.3, 0.4) is 0 Å². The number of alkyl halides is 3. The average molecular weight is 649 g/mol. The van der Waals surface area contributed by atoms with E-state index in [0.717, 1.165) is 28.9 Å². The summed E-state index contributed by atoms with van der Waals surface area (Å²) in [5.74, 6) is 1.13. The summed E-state index contributed by atoms with van der Waals surface area (Å²) in [4.78, 5) is 0. The predicted molar refractivity (Wildman–Crippen MR) is 166 cm³/mol. The van der Waals surface area contributed by atoms with Crippen LogP contribution >= 0.6 is 18.6 Å². The van der Waals surface area contributed by atoms with Gasteiger partial charge in [-0.25, -0.2) is 0 Å². The van der Waals surface area contributed by atoms with E-state index in [1.165, 1.54) is 23.5 Å². The number of fused-ring (bicyclic) bond motifs is 3. The summed E-state index contributed by atoms with van der Waals surface area (Å²) in [7, 11) is 7.62. The van der Waals surface area contributed by atoms with Crippen molar-refractivity contribution in [2.24, 2.45) is 17.8 Å². The Balaban J connectivity index is 0.000000929. The molecule has 1 heterocycles. The van der Waals surface area contributed by atoms with Gasteiger partial charge in [-0.1, -0.05) is 86.8 Å². The van der Waals surface area contributed by atoms with Crippen molar-refractivity contribution in [2.75, 3.05) is 4.57 Å². The van der Waals surface area contributed by atoms with E-state index in [1.807, 2.05) is 12.1 Å². The van der Waals surface area contributed by atoms with E-state index in [-0.39, 0.29) is 7.43 Å². The molecule has 0 spiro atoms. The van der Waals surface area contributed by atoms with Gasteiger partial charge in [0, 0.05) is 11.4 Å². The third-order valence-corrected chi connectivity index (χ3v) is 12.8. The zero-order valence-corrected chi connectivity index (χ0v) is 27.5. The summed E-state index contributed by atoms with van der Waals surface area (Å²) in [5.41, 5.74) is 6.28. The molecule has 216 valence electrons. The Morgan fingerprint density at radius 2 is 1.44 bits per heavy atom. The molecular weight excluding hydrogens is 616 g/mol. The van der Waals surface area contributed by atoms with Crippen LogP contribution < -0.4 is 4.57 Å². The predicted octanol–water partition coefficient (Wildman–Crippen LogP) is 11.8. The molecule has 3 aliphatic rings. The van der Waals surface area contributed by atoms with E-state index in [9.17, 15) is 13.2 Å². The molecule has 0 radical (unpaired) electrons. The molecular formula is C32H33Cl2F3N2SiTi-2. The fraction of sp³-hybridized carbons (Fsp3) is 0.281. The SMILES string of the molecule is C[C@@H]1C[C@@H]2C(c3ccc(C(F)(F)F)cc3)=CC=C[C@@H]2C1[Si](C)(C)N1c2ccccc2[N-]c2ccccc21.[CH3-].[Cl][Ti][Cl]. The van der Waals surface area contributed by atoms with Crippen LogP contribution in [-0.4, -0.2) is 8.24 Å². The molecule has 1 fully saturated rings. The minimum atomic E-state index is -4.32. The van der Waals surface area contributed by atoms with E-state index in [0.29, 0.717) is 23.3 Å². The van der Waals surface area contributed by atoms with Crippen molar-refractivity contribution in [3.8, 4) is 0 Å². The van der Waals surface area contributed by atoms with Gasteiger partial charge in [-0.15, -0.1) is 11.4 Å². The van der Waals surface area contributed by atoms with Gasteiger partial charge in [0.05, 0.1) is 5.56 Å². The Bertz CT molecular complexity index is 1380. The number of nitrogens with zero attached hydrogens (tertiary/aromatic N) is 2. The zero-order valence-electron chi connectivity index (χ0n) is 23.5. The number of allylic oxidation sites excluding steroid dienone is 4. The molecule has 6 rings (SSSR count). The first-order valence-electron chi connectivity index (χ1n) is 13.3. The van der Waals surface area contributed by atoms with Gasteiger partial charge >= 0.3 is 41.8 Å². The van der Waals surface area contributed by atoms with Gasteiger partial charge in [-0.2, -0.15) is 13.2 Å². The van der Waals surface area contributed by atoms with Crippen molar-refractivity contribution in [3.05, 3.63) is 115 Å². The summed E-state index contributed by atoms with van der Waals surface area (Å²) in [6.45, 7) is 7.31. The van der Waals surface area contributed by atoms with E-state index >= 15 is 0 Å². The first-order valence-corrected chi connectivity index (χ1v) is 20.6. The second-order valence-corrected chi connectivity index (χ2v) is 18.2. The molecule has 41 heavy (non-hydrogen) atoms. The minimum absolute atomic E-state index is 0. The molecule has 1 saturated carbocycles. The number of halogens is 5. The Morgan fingerprint density at radius 3 is 1.98 bits per heavy atom. The van der Waals surface area contributed by atoms with E-state index < -0.39 is 37.0 Å². The molecule has 3 aromatic rings. The first-order chi connectivity index (χ1) is 19.1. The summed E-state index contributed by atoms with van der Waals surface area (Å²) in [5, 5.41) is 4.95. The molecule has 0 bridgehead atoms. The molecule has 2 nitrogen and oxygen atoms in total. The molecule has 3 aromatic carbocycles. The Labute approximate surface area is 259 Å². The van der Waals surface area contributed by atoms with E-state index in [4.69, 9.17) is 23.9 Å². The van der Waals surface area contributed by atoms with Gasteiger partial charge in [-0.05, 0) is 65.1 Å².